The number of nitrogens with two attached hydrogens (primary N) is 1. The first-order chi connectivity index (χ1) is 9.52. The summed E-state index contributed by atoms with van der Waals surface area (Å²) in [6, 6.07) is 0. The molecule has 112 valence electrons. The van der Waals surface area contributed by atoms with Gasteiger partial charge in [0.1, 0.15) is 5.82 Å². The number of anilines is 2. The summed E-state index contributed by atoms with van der Waals surface area (Å²) in [6.07, 6.45) is 1.77. The summed E-state index contributed by atoms with van der Waals surface area (Å²) in [5.41, 5.74) is 8.09. The monoisotopic (exact) mass is 280 g/mol. The third-order valence-electron chi connectivity index (χ3n) is 4.27. The lowest BCUT2D eigenvalue weighted by atomic mass is 10.0. The zero-order chi connectivity index (χ0) is 14.3. The number of nitrogens with zero attached hydrogens (tertiary/aromatic N) is 3. The van der Waals surface area contributed by atoms with Crippen molar-refractivity contribution >= 4 is 11.5 Å². The van der Waals surface area contributed by atoms with Crippen molar-refractivity contribution in [2.24, 2.45) is 7.05 Å². The van der Waals surface area contributed by atoms with E-state index in [4.69, 9.17) is 15.2 Å². The van der Waals surface area contributed by atoms with Crippen LogP contribution in [-0.2, 0) is 16.5 Å². The Morgan fingerprint density at radius 2 is 1.80 bits per heavy atom. The van der Waals surface area contributed by atoms with Gasteiger partial charge in [-0.25, -0.2) is 0 Å². The normalized spacial score (nSPS) is 22.1. The van der Waals surface area contributed by atoms with Crippen LogP contribution in [-0.4, -0.2) is 41.9 Å². The lowest BCUT2D eigenvalue weighted by Gasteiger charge is -2.38. The van der Waals surface area contributed by atoms with Crippen LogP contribution in [0.15, 0.2) is 0 Å². The molecular weight excluding hydrogens is 256 g/mol. The van der Waals surface area contributed by atoms with Crippen molar-refractivity contribution in [1.29, 1.82) is 0 Å². The van der Waals surface area contributed by atoms with Gasteiger partial charge in [-0.1, -0.05) is 13.8 Å². The molecule has 20 heavy (non-hydrogen) atoms. The maximum Gasteiger partial charge on any atom is 0.171 e. The maximum atomic E-state index is 6.29. The summed E-state index contributed by atoms with van der Waals surface area (Å²) < 4.78 is 13.4. The van der Waals surface area contributed by atoms with E-state index in [1.165, 1.54) is 0 Å². The zero-order valence-electron chi connectivity index (χ0n) is 12.6. The summed E-state index contributed by atoms with van der Waals surface area (Å²) in [6.45, 7) is 7.45. The van der Waals surface area contributed by atoms with Gasteiger partial charge in [-0.2, -0.15) is 5.10 Å². The summed E-state index contributed by atoms with van der Waals surface area (Å²) in [5, 5.41) is 4.56. The molecule has 0 saturated carbocycles. The van der Waals surface area contributed by atoms with Crippen LogP contribution in [0.5, 0.6) is 0 Å². The molecule has 2 aliphatic heterocycles. The van der Waals surface area contributed by atoms with E-state index in [0.29, 0.717) is 19.1 Å². The van der Waals surface area contributed by atoms with Gasteiger partial charge in [-0.15, -0.1) is 0 Å². The zero-order valence-corrected chi connectivity index (χ0v) is 12.6. The highest BCUT2D eigenvalue weighted by molar-refractivity contribution is 5.67. The number of hydrogen-bond acceptors (Lipinski definition) is 5. The lowest BCUT2D eigenvalue weighted by Crippen LogP contribution is -2.45. The van der Waals surface area contributed by atoms with Gasteiger partial charge in [0.2, 0.25) is 0 Å². The van der Waals surface area contributed by atoms with Crippen LogP contribution >= 0.6 is 0 Å². The molecule has 2 aliphatic rings. The van der Waals surface area contributed by atoms with Gasteiger partial charge in [-0.05, 0) is 5.92 Å². The Kier molecular flexibility index (Phi) is 3.38. The van der Waals surface area contributed by atoms with Crippen LogP contribution in [0.4, 0.5) is 11.5 Å². The molecule has 0 atom stereocenters. The van der Waals surface area contributed by atoms with E-state index in [1.807, 2.05) is 11.7 Å². The van der Waals surface area contributed by atoms with Gasteiger partial charge in [0.05, 0.1) is 24.6 Å². The van der Waals surface area contributed by atoms with Crippen LogP contribution in [0.1, 0.15) is 38.3 Å². The Morgan fingerprint density at radius 1 is 1.20 bits per heavy atom. The summed E-state index contributed by atoms with van der Waals surface area (Å²) >= 11 is 0. The molecule has 6 nitrogen and oxygen atoms in total. The number of aromatic nitrogens is 2. The number of piperidine rings is 1. The Hall–Kier alpha value is -1.27. The van der Waals surface area contributed by atoms with Crippen molar-refractivity contribution in [3.05, 3.63) is 5.69 Å². The van der Waals surface area contributed by atoms with E-state index in [1.54, 1.807) is 0 Å². The summed E-state index contributed by atoms with van der Waals surface area (Å²) in [4.78, 5) is 2.30. The minimum Gasteiger partial charge on any atom is -0.394 e. The highest BCUT2D eigenvalue weighted by atomic mass is 16.7. The molecule has 2 fully saturated rings. The fraction of sp³-hybridized carbons (Fsp3) is 0.786. The number of hydrogen-bond donors (Lipinski definition) is 1. The first kappa shape index (κ1) is 13.7. The van der Waals surface area contributed by atoms with Crippen molar-refractivity contribution in [1.82, 2.24) is 9.78 Å². The van der Waals surface area contributed by atoms with Crippen LogP contribution in [0.25, 0.3) is 0 Å². The average molecular weight is 280 g/mol. The van der Waals surface area contributed by atoms with Gasteiger partial charge in [-0.3, -0.25) is 4.68 Å². The second-order valence-electron chi connectivity index (χ2n) is 6.00. The third-order valence-corrected chi connectivity index (χ3v) is 4.27. The molecule has 3 rings (SSSR count). The van der Waals surface area contributed by atoms with E-state index in [9.17, 15) is 0 Å². The lowest BCUT2D eigenvalue weighted by molar-refractivity contribution is -0.169. The molecule has 3 heterocycles. The van der Waals surface area contributed by atoms with E-state index in [-0.39, 0.29) is 5.79 Å². The fourth-order valence-electron chi connectivity index (χ4n) is 3.20. The van der Waals surface area contributed by atoms with Crippen molar-refractivity contribution in [3.63, 3.8) is 0 Å². The van der Waals surface area contributed by atoms with Gasteiger partial charge < -0.3 is 20.1 Å². The molecule has 0 unspecified atom stereocenters. The summed E-state index contributed by atoms with van der Waals surface area (Å²) in [5.74, 6) is 1.03. The quantitative estimate of drug-likeness (QED) is 0.888. The van der Waals surface area contributed by atoms with Gasteiger partial charge in [0, 0.05) is 33.0 Å². The Balaban J connectivity index is 1.78. The Morgan fingerprint density at radius 3 is 2.30 bits per heavy atom. The second-order valence-corrected chi connectivity index (χ2v) is 6.00. The highest BCUT2D eigenvalue weighted by Gasteiger charge is 2.40. The Labute approximate surface area is 119 Å². The second kappa shape index (κ2) is 4.93. The largest absolute Gasteiger partial charge is 0.394 e. The van der Waals surface area contributed by atoms with Gasteiger partial charge in [0.25, 0.3) is 0 Å². The molecule has 0 aliphatic carbocycles. The van der Waals surface area contributed by atoms with E-state index < -0.39 is 0 Å². The standard InChI is InChI=1S/C14H24N4O2/c1-10(2)12-11(15)13(17(3)16-12)18-6-4-14(5-7-18)19-8-9-20-14/h10H,4-9,15H2,1-3H3. The molecule has 1 aromatic rings. The summed E-state index contributed by atoms with van der Waals surface area (Å²) in [7, 11) is 1.96. The molecule has 2 saturated heterocycles. The number of ether oxygens (including phenoxy) is 2. The molecule has 2 N–H and O–H groups in total. The molecule has 0 amide bonds. The molecule has 0 bridgehead atoms. The van der Waals surface area contributed by atoms with Crippen molar-refractivity contribution in [2.75, 3.05) is 36.9 Å². The van der Waals surface area contributed by atoms with Crippen LogP contribution in [0.3, 0.4) is 0 Å². The van der Waals surface area contributed by atoms with Gasteiger partial charge in [0.15, 0.2) is 5.79 Å². The van der Waals surface area contributed by atoms with Crippen LogP contribution in [0, 0.1) is 0 Å². The first-order valence-electron chi connectivity index (χ1n) is 7.38. The van der Waals surface area contributed by atoms with Crippen molar-refractivity contribution in [3.8, 4) is 0 Å². The highest BCUT2D eigenvalue weighted by Crippen LogP contribution is 2.36. The fourth-order valence-corrected chi connectivity index (χ4v) is 3.20. The third kappa shape index (κ3) is 2.16. The van der Waals surface area contributed by atoms with Crippen LogP contribution < -0.4 is 10.6 Å². The number of rotatable bonds is 2. The first-order valence-corrected chi connectivity index (χ1v) is 7.38. The molecular formula is C14H24N4O2. The van der Waals surface area contributed by atoms with Crippen molar-refractivity contribution in [2.45, 2.75) is 38.4 Å². The number of nitrogen functional groups attached to an aromatic ring is 1. The predicted molar refractivity (Wildman–Crippen MR) is 77.8 cm³/mol. The average Bonchev–Trinajstić information content (AvgIpc) is 2.97. The molecule has 6 heteroatoms. The molecule has 0 aromatic carbocycles. The molecule has 1 aromatic heterocycles. The Bertz CT molecular complexity index is 482. The van der Waals surface area contributed by atoms with E-state index in [0.717, 1.165) is 43.1 Å². The minimum atomic E-state index is -0.343. The maximum absolute atomic E-state index is 6.29. The molecule has 0 radical (unpaired) electrons. The smallest absolute Gasteiger partial charge is 0.171 e. The van der Waals surface area contributed by atoms with E-state index in [2.05, 4.69) is 23.8 Å². The van der Waals surface area contributed by atoms with Gasteiger partial charge >= 0.3 is 0 Å². The van der Waals surface area contributed by atoms with Crippen LogP contribution in [0.2, 0.25) is 0 Å². The predicted octanol–water partition coefficient (Wildman–Crippen LogP) is 1.47. The minimum absolute atomic E-state index is 0.340. The topological polar surface area (TPSA) is 65.5 Å². The molecule has 1 spiro atoms. The van der Waals surface area contributed by atoms with E-state index >= 15 is 0 Å². The number of aryl methyl sites for hydroxylation is 1. The SMILES string of the molecule is CC(C)c1nn(C)c(N2CCC3(CC2)OCCO3)c1N. The van der Waals surface area contributed by atoms with Crippen molar-refractivity contribution < 1.29 is 9.47 Å².